The molecular formula is C18H20N4. The monoisotopic (exact) mass is 292 g/mol. The number of hydrogen-bond donors (Lipinski definition) is 1. The Hall–Kier alpha value is -2.67. The fourth-order valence-corrected chi connectivity index (χ4v) is 2.03. The summed E-state index contributed by atoms with van der Waals surface area (Å²) in [5.41, 5.74) is 2.54. The number of nitriles is 1. The third kappa shape index (κ3) is 4.71. The molecule has 0 aliphatic heterocycles. The third-order valence-corrected chi connectivity index (χ3v) is 3.15. The number of aryl methyl sites for hydroxylation is 1. The molecule has 0 saturated carbocycles. The van der Waals surface area contributed by atoms with Gasteiger partial charge in [-0.3, -0.25) is 0 Å². The average molecular weight is 292 g/mol. The van der Waals surface area contributed by atoms with Gasteiger partial charge in [-0.05, 0) is 37.1 Å². The van der Waals surface area contributed by atoms with E-state index in [4.69, 9.17) is 5.26 Å². The van der Waals surface area contributed by atoms with Crippen molar-refractivity contribution in [3.05, 3.63) is 53.0 Å². The minimum absolute atomic E-state index is 0.647. The van der Waals surface area contributed by atoms with E-state index in [1.54, 1.807) is 6.07 Å². The molecule has 1 aromatic heterocycles. The highest BCUT2D eigenvalue weighted by Crippen LogP contribution is 2.11. The van der Waals surface area contributed by atoms with Gasteiger partial charge in [0.05, 0.1) is 11.6 Å². The summed E-state index contributed by atoms with van der Waals surface area (Å²) in [6.07, 6.45) is 6.06. The smallest absolute Gasteiger partial charge is 0.154 e. The molecule has 0 atom stereocenters. The van der Waals surface area contributed by atoms with E-state index in [2.05, 4.69) is 28.3 Å². The molecule has 2 aromatic rings. The van der Waals surface area contributed by atoms with Crippen LogP contribution in [0.1, 0.15) is 42.4 Å². The number of nitrogens with zero attached hydrogens (tertiary/aromatic N) is 3. The molecule has 2 rings (SSSR count). The summed E-state index contributed by atoms with van der Waals surface area (Å²) >= 11 is 0. The third-order valence-electron chi connectivity index (χ3n) is 3.15. The Morgan fingerprint density at radius 3 is 2.86 bits per heavy atom. The van der Waals surface area contributed by atoms with Gasteiger partial charge in [0.15, 0.2) is 5.82 Å². The molecule has 0 aliphatic rings. The van der Waals surface area contributed by atoms with Crippen molar-refractivity contribution >= 4 is 18.0 Å². The summed E-state index contributed by atoms with van der Waals surface area (Å²) in [6, 6.07) is 11.5. The fourth-order valence-electron chi connectivity index (χ4n) is 2.03. The van der Waals surface area contributed by atoms with Crippen LogP contribution in [0.15, 0.2) is 30.3 Å². The molecule has 0 aliphatic carbocycles. The van der Waals surface area contributed by atoms with Crippen LogP contribution in [0, 0.1) is 18.3 Å². The number of rotatable bonds is 6. The first-order valence-electron chi connectivity index (χ1n) is 7.49. The summed E-state index contributed by atoms with van der Waals surface area (Å²) in [5, 5.41) is 12.2. The van der Waals surface area contributed by atoms with Crippen LogP contribution in [-0.2, 0) is 0 Å². The van der Waals surface area contributed by atoms with Gasteiger partial charge < -0.3 is 5.32 Å². The summed E-state index contributed by atoms with van der Waals surface area (Å²) in [4.78, 5) is 8.91. The van der Waals surface area contributed by atoms with Crippen molar-refractivity contribution in [2.24, 2.45) is 0 Å². The maximum absolute atomic E-state index is 8.92. The van der Waals surface area contributed by atoms with E-state index in [0.29, 0.717) is 11.4 Å². The second kappa shape index (κ2) is 7.94. The lowest BCUT2D eigenvalue weighted by Crippen LogP contribution is -2.05. The first kappa shape index (κ1) is 15.7. The number of nitrogens with one attached hydrogen (secondary N) is 1. The van der Waals surface area contributed by atoms with E-state index in [1.807, 2.05) is 43.3 Å². The van der Waals surface area contributed by atoms with Gasteiger partial charge in [-0.15, -0.1) is 0 Å². The van der Waals surface area contributed by atoms with Crippen LogP contribution in [0.25, 0.3) is 12.2 Å². The maximum Gasteiger partial charge on any atom is 0.154 e. The van der Waals surface area contributed by atoms with Crippen LogP contribution in [-0.4, -0.2) is 16.5 Å². The van der Waals surface area contributed by atoms with Gasteiger partial charge in [-0.1, -0.05) is 31.6 Å². The molecule has 0 radical (unpaired) electrons. The van der Waals surface area contributed by atoms with Gasteiger partial charge in [0.1, 0.15) is 5.82 Å². The van der Waals surface area contributed by atoms with Gasteiger partial charge in [0.25, 0.3) is 0 Å². The summed E-state index contributed by atoms with van der Waals surface area (Å²) < 4.78 is 0. The van der Waals surface area contributed by atoms with E-state index in [9.17, 15) is 0 Å². The average Bonchev–Trinajstić information content (AvgIpc) is 2.53. The van der Waals surface area contributed by atoms with E-state index >= 15 is 0 Å². The van der Waals surface area contributed by atoms with Crippen molar-refractivity contribution in [2.75, 3.05) is 11.9 Å². The lowest BCUT2D eigenvalue weighted by atomic mass is 10.1. The molecule has 0 spiro atoms. The van der Waals surface area contributed by atoms with Crippen LogP contribution in [0.4, 0.5) is 5.82 Å². The highest BCUT2D eigenvalue weighted by Gasteiger charge is 1.99. The van der Waals surface area contributed by atoms with Gasteiger partial charge in [0.2, 0.25) is 0 Å². The normalized spacial score (nSPS) is 10.6. The number of benzene rings is 1. The van der Waals surface area contributed by atoms with E-state index < -0.39 is 0 Å². The van der Waals surface area contributed by atoms with Gasteiger partial charge in [-0.2, -0.15) is 5.26 Å². The highest BCUT2D eigenvalue weighted by molar-refractivity contribution is 5.67. The lowest BCUT2D eigenvalue weighted by Gasteiger charge is -2.06. The SMILES string of the molecule is CCCCNc1cc(C)nc(C=Cc2cccc(C#N)c2)n1. The van der Waals surface area contributed by atoms with Crippen LogP contribution >= 0.6 is 0 Å². The molecule has 1 aromatic carbocycles. The van der Waals surface area contributed by atoms with Crippen molar-refractivity contribution in [2.45, 2.75) is 26.7 Å². The van der Waals surface area contributed by atoms with Crippen molar-refractivity contribution in [3.63, 3.8) is 0 Å². The molecule has 4 nitrogen and oxygen atoms in total. The molecule has 4 heteroatoms. The molecule has 0 amide bonds. The molecule has 112 valence electrons. The first-order chi connectivity index (χ1) is 10.7. The molecular weight excluding hydrogens is 272 g/mol. The van der Waals surface area contributed by atoms with Crippen molar-refractivity contribution in [1.29, 1.82) is 5.26 Å². The number of unbranched alkanes of at least 4 members (excludes halogenated alkanes) is 1. The Morgan fingerprint density at radius 1 is 1.23 bits per heavy atom. The van der Waals surface area contributed by atoms with Crippen LogP contribution in [0.2, 0.25) is 0 Å². The molecule has 0 fully saturated rings. The van der Waals surface area contributed by atoms with Crippen LogP contribution in [0.3, 0.4) is 0 Å². The zero-order valence-corrected chi connectivity index (χ0v) is 13.0. The maximum atomic E-state index is 8.92. The van der Waals surface area contributed by atoms with Gasteiger partial charge in [0, 0.05) is 18.3 Å². The molecule has 1 heterocycles. The summed E-state index contributed by atoms with van der Waals surface area (Å²) in [6.45, 7) is 5.04. The highest BCUT2D eigenvalue weighted by atomic mass is 15.0. The summed E-state index contributed by atoms with van der Waals surface area (Å²) in [7, 11) is 0. The van der Waals surface area contributed by atoms with E-state index in [-0.39, 0.29) is 0 Å². The van der Waals surface area contributed by atoms with Crippen molar-refractivity contribution in [3.8, 4) is 6.07 Å². The second-order valence-corrected chi connectivity index (χ2v) is 5.10. The number of aromatic nitrogens is 2. The topological polar surface area (TPSA) is 61.6 Å². The Morgan fingerprint density at radius 2 is 2.09 bits per heavy atom. The minimum atomic E-state index is 0.647. The number of anilines is 1. The quantitative estimate of drug-likeness (QED) is 0.816. The molecule has 0 saturated heterocycles. The van der Waals surface area contributed by atoms with E-state index in [1.165, 1.54) is 0 Å². The standard InChI is InChI=1S/C18H20N4/c1-3-4-10-20-18-11-14(2)21-17(22-18)9-8-15-6-5-7-16(12-15)13-19/h5-9,11-12H,3-4,10H2,1-2H3,(H,20,21,22). The van der Waals surface area contributed by atoms with Crippen molar-refractivity contribution in [1.82, 2.24) is 9.97 Å². The van der Waals surface area contributed by atoms with Gasteiger partial charge >= 0.3 is 0 Å². The second-order valence-electron chi connectivity index (χ2n) is 5.10. The molecule has 1 N–H and O–H groups in total. The Labute approximate surface area is 131 Å². The predicted molar refractivity (Wildman–Crippen MR) is 90.3 cm³/mol. The van der Waals surface area contributed by atoms with Gasteiger partial charge in [-0.25, -0.2) is 9.97 Å². The zero-order valence-electron chi connectivity index (χ0n) is 13.0. The fraction of sp³-hybridized carbons (Fsp3) is 0.278. The van der Waals surface area contributed by atoms with Crippen LogP contribution in [0.5, 0.6) is 0 Å². The molecule has 0 unspecified atom stereocenters. The molecule has 22 heavy (non-hydrogen) atoms. The van der Waals surface area contributed by atoms with Crippen molar-refractivity contribution < 1.29 is 0 Å². The predicted octanol–water partition coefficient (Wildman–Crippen LogP) is 4.04. The Kier molecular flexibility index (Phi) is 5.67. The van der Waals surface area contributed by atoms with Crippen LogP contribution < -0.4 is 5.32 Å². The molecule has 0 bridgehead atoms. The summed E-state index contributed by atoms with van der Waals surface area (Å²) in [5.74, 6) is 1.52. The first-order valence-corrected chi connectivity index (χ1v) is 7.49. The zero-order chi connectivity index (χ0) is 15.8. The minimum Gasteiger partial charge on any atom is -0.370 e. The lowest BCUT2D eigenvalue weighted by molar-refractivity contribution is 0.829. The Balaban J connectivity index is 2.14. The number of hydrogen-bond acceptors (Lipinski definition) is 4. The Bertz CT molecular complexity index is 698. The van der Waals surface area contributed by atoms with E-state index in [0.717, 1.165) is 36.5 Å². The largest absolute Gasteiger partial charge is 0.370 e.